The Morgan fingerprint density at radius 1 is 1.43 bits per heavy atom. The highest BCUT2D eigenvalue weighted by atomic mass is 32.2. The third-order valence-corrected chi connectivity index (χ3v) is 5.66. The number of benzene rings is 1. The van der Waals surface area contributed by atoms with E-state index in [1.54, 1.807) is 6.20 Å². The molecule has 0 aliphatic heterocycles. The number of hydrogen-bond acceptors (Lipinski definition) is 6. The van der Waals surface area contributed by atoms with Crippen molar-refractivity contribution in [2.75, 3.05) is 19.9 Å². The summed E-state index contributed by atoms with van der Waals surface area (Å²) in [7, 11) is -0.615. The minimum atomic E-state index is -3.60. The van der Waals surface area contributed by atoms with Crippen molar-refractivity contribution in [2.24, 2.45) is 0 Å². The zero-order chi connectivity index (χ0) is 15.6. The molecular formula is C13H17N3O3S2. The summed E-state index contributed by atoms with van der Waals surface area (Å²) in [6, 6.07) is 4.43. The summed E-state index contributed by atoms with van der Waals surface area (Å²) in [5, 5.41) is 0.907. The molecular weight excluding hydrogens is 310 g/mol. The third-order valence-electron chi connectivity index (χ3n) is 2.96. The van der Waals surface area contributed by atoms with Gasteiger partial charge in [-0.05, 0) is 19.1 Å². The van der Waals surface area contributed by atoms with E-state index in [-0.39, 0.29) is 11.4 Å². The molecule has 21 heavy (non-hydrogen) atoms. The van der Waals surface area contributed by atoms with E-state index in [0.717, 1.165) is 9.88 Å². The maximum absolute atomic E-state index is 12.5. The van der Waals surface area contributed by atoms with Gasteiger partial charge in [-0.25, -0.2) is 13.4 Å². The molecule has 0 amide bonds. The van der Waals surface area contributed by atoms with Gasteiger partial charge in [-0.1, -0.05) is 0 Å². The Balaban J connectivity index is 2.28. The van der Waals surface area contributed by atoms with E-state index in [9.17, 15) is 8.42 Å². The van der Waals surface area contributed by atoms with Crippen LogP contribution in [0.3, 0.4) is 0 Å². The van der Waals surface area contributed by atoms with Crippen molar-refractivity contribution in [3.05, 3.63) is 34.3 Å². The molecule has 114 valence electrons. The second-order valence-electron chi connectivity index (χ2n) is 4.51. The highest BCUT2D eigenvalue weighted by Gasteiger charge is 2.22. The maximum Gasteiger partial charge on any atom is 0.243 e. The molecule has 0 atom stereocenters. The number of nitrogen functional groups attached to an aromatic ring is 1. The van der Waals surface area contributed by atoms with Crippen LogP contribution in [0.2, 0.25) is 0 Å². The van der Waals surface area contributed by atoms with Crippen LogP contribution in [0.4, 0.5) is 5.69 Å². The molecule has 2 rings (SSSR count). The van der Waals surface area contributed by atoms with Crippen LogP contribution in [0.15, 0.2) is 29.3 Å². The average molecular weight is 327 g/mol. The lowest BCUT2D eigenvalue weighted by Gasteiger charge is -2.17. The van der Waals surface area contributed by atoms with Crippen LogP contribution in [0.25, 0.3) is 0 Å². The number of thiazole rings is 1. The van der Waals surface area contributed by atoms with Crippen LogP contribution in [-0.4, -0.2) is 31.9 Å². The van der Waals surface area contributed by atoms with E-state index in [2.05, 4.69) is 4.98 Å². The number of ether oxygens (including phenoxy) is 1. The lowest BCUT2D eigenvalue weighted by Crippen LogP contribution is -2.26. The molecule has 6 nitrogen and oxygen atoms in total. The SMILES string of the molecule is COc1cc(S(=O)(=O)N(C)Cc2cnc(C)s2)ccc1N. The first kappa shape index (κ1) is 15.7. The molecule has 0 saturated heterocycles. The Labute approximate surface area is 128 Å². The second-order valence-corrected chi connectivity index (χ2v) is 7.87. The predicted octanol–water partition coefficient (Wildman–Crippen LogP) is 1.86. The van der Waals surface area contributed by atoms with Gasteiger partial charge in [-0.3, -0.25) is 0 Å². The van der Waals surface area contributed by atoms with E-state index < -0.39 is 10.0 Å². The van der Waals surface area contributed by atoms with Crippen LogP contribution in [0, 0.1) is 6.92 Å². The van der Waals surface area contributed by atoms with Gasteiger partial charge >= 0.3 is 0 Å². The Bertz CT molecular complexity index is 741. The zero-order valence-electron chi connectivity index (χ0n) is 12.0. The topological polar surface area (TPSA) is 85.5 Å². The van der Waals surface area contributed by atoms with Crippen molar-refractivity contribution in [1.29, 1.82) is 0 Å². The summed E-state index contributed by atoms with van der Waals surface area (Å²) in [4.78, 5) is 5.16. The van der Waals surface area contributed by atoms with Gasteiger partial charge < -0.3 is 10.5 Å². The monoisotopic (exact) mass is 327 g/mol. The summed E-state index contributed by atoms with van der Waals surface area (Å²) in [5.41, 5.74) is 6.11. The number of rotatable bonds is 5. The molecule has 0 bridgehead atoms. The molecule has 0 aliphatic carbocycles. The molecule has 0 saturated carbocycles. The van der Waals surface area contributed by atoms with Crippen molar-refractivity contribution in [3.8, 4) is 5.75 Å². The van der Waals surface area contributed by atoms with Crippen LogP contribution >= 0.6 is 11.3 Å². The molecule has 0 aliphatic rings. The number of anilines is 1. The van der Waals surface area contributed by atoms with Crippen LogP contribution in [-0.2, 0) is 16.6 Å². The molecule has 0 unspecified atom stereocenters. The number of aryl methyl sites for hydroxylation is 1. The first-order chi connectivity index (χ1) is 9.84. The molecule has 1 heterocycles. The molecule has 1 aromatic carbocycles. The third kappa shape index (κ3) is 3.34. The van der Waals surface area contributed by atoms with Crippen molar-refractivity contribution >= 4 is 27.0 Å². The lowest BCUT2D eigenvalue weighted by molar-refractivity contribution is 0.415. The van der Waals surface area contributed by atoms with E-state index in [1.807, 2.05) is 6.92 Å². The Hall–Kier alpha value is -1.64. The molecule has 2 N–H and O–H groups in total. The number of nitrogens with two attached hydrogens (primary N) is 1. The van der Waals surface area contributed by atoms with E-state index in [0.29, 0.717) is 11.4 Å². The molecule has 2 aromatic rings. The highest BCUT2D eigenvalue weighted by Crippen LogP contribution is 2.27. The smallest absolute Gasteiger partial charge is 0.243 e. The van der Waals surface area contributed by atoms with E-state index >= 15 is 0 Å². The van der Waals surface area contributed by atoms with Gasteiger partial charge in [0.25, 0.3) is 0 Å². The lowest BCUT2D eigenvalue weighted by atomic mass is 10.3. The van der Waals surface area contributed by atoms with Crippen LogP contribution < -0.4 is 10.5 Å². The van der Waals surface area contributed by atoms with Gasteiger partial charge in [0.05, 0.1) is 22.7 Å². The minimum Gasteiger partial charge on any atom is -0.495 e. The average Bonchev–Trinajstić information content (AvgIpc) is 2.84. The van der Waals surface area contributed by atoms with Crippen molar-refractivity contribution in [1.82, 2.24) is 9.29 Å². The van der Waals surface area contributed by atoms with Crippen molar-refractivity contribution in [2.45, 2.75) is 18.4 Å². The summed E-state index contributed by atoms with van der Waals surface area (Å²) >= 11 is 1.48. The van der Waals surface area contributed by atoms with Crippen molar-refractivity contribution < 1.29 is 13.2 Å². The number of aromatic nitrogens is 1. The van der Waals surface area contributed by atoms with Gasteiger partial charge in [0.1, 0.15) is 5.75 Å². The number of sulfonamides is 1. The standard InChI is InChI=1S/C13H17N3O3S2/c1-9-15-7-10(20-9)8-16(2)21(17,18)11-4-5-12(14)13(6-11)19-3/h4-7H,8,14H2,1-3H3. The number of nitrogens with zero attached hydrogens (tertiary/aromatic N) is 2. The quantitative estimate of drug-likeness (QED) is 0.847. The first-order valence-corrected chi connectivity index (χ1v) is 8.41. The summed E-state index contributed by atoms with van der Waals surface area (Å²) in [5.74, 6) is 0.345. The van der Waals surface area contributed by atoms with Gasteiger partial charge in [-0.15, -0.1) is 11.3 Å². The molecule has 0 fully saturated rings. The largest absolute Gasteiger partial charge is 0.495 e. The fourth-order valence-electron chi connectivity index (χ4n) is 1.81. The number of hydrogen-bond donors (Lipinski definition) is 1. The Morgan fingerprint density at radius 3 is 2.71 bits per heavy atom. The number of methoxy groups -OCH3 is 1. The fourth-order valence-corrected chi connectivity index (χ4v) is 3.91. The normalized spacial score (nSPS) is 11.8. The summed E-state index contributed by atoms with van der Waals surface area (Å²) < 4.78 is 31.4. The zero-order valence-corrected chi connectivity index (χ0v) is 13.7. The predicted molar refractivity (Wildman–Crippen MR) is 82.9 cm³/mol. The molecule has 1 aromatic heterocycles. The fraction of sp³-hybridized carbons (Fsp3) is 0.308. The van der Waals surface area contributed by atoms with Crippen LogP contribution in [0.1, 0.15) is 9.88 Å². The van der Waals surface area contributed by atoms with E-state index in [1.165, 1.54) is 48.0 Å². The Morgan fingerprint density at radius 2 is 2.14 bits per heavy atom. The van der Waals surface area contributed by atoms with Gasteiger partial charge in [0, 0.05) is 30.7 Å². The first-order valence-electron chi connectivity index (χ1n) is 6.15. The van der Waals surface area contributed by atoms with Gasteiger partial charge in [-0.2, -0.15) is 4.31 Å². The van der Waals surface area contributed by atoms with Crippen LogP contribution in [0.5, 0.6) is 5.75 Å². The van der Waals surface area contributed by atoms with Gasteiger partial charge in [0.15, 0.2) is 0 Å². The van der Waals surface area contributed by atoms with E-state index in [4.69, 9.17) is 10.5 Å². The molecule has 0 spiro atoms. The maximum atomic E-state index is 12.5. The van der Waals surface area contributed by atoms with Gasteiger partial charge in [0.2, 0.25) is 10.0 Å². The summed E-state index contributed by atoms with van der Waals surface area (Å²) in [6.07, 6.45) is 1.69. The Kier molecular flexibility index (Phi) is 4.50. The molecule has 0 radical (unpaired) electrons. The molecule has 8 heteroatoms. The summed E-state index contributed by atoms with van der Waals surface area (Å²) in [6.45, 7) is 2.16. The minimum absolute atomic E-state index is 0.150. The highest BCUT2D eigenvalue weighted by molar-refractivity contribution is 7.89. The second kappa shape index (κ2) is 6.00. The van der Waals surface area contributed by atoms with Crippen molar-refractivity contribution in [3.63, 3.8) is 0 Å².